The van der Waals surface area contributed by atoms with Gasteiger partial charge in [0.15, 0.2) is 0 Å². The highest BCUT2D eigenvalue weighted by atomic mass is 16.5. The van der Waals surface area contributed by atoms with Crippen molar-refractivity contribution in [2.45, 2.75) is 130 Å². The van der Waals surface area contributed by atoms with Gasteiger partial charge in [-0.2, -0.15) is 0 Å². The first-order valence-corrected chi connectivity index (χ1v) is 13.5. The number of carbonyl (C=O) groups is 2. The van der Waals surface area contributed by atoms with Crippen molar-refractivity contribution in [3.8, 4) is 0 Å². The molecule has 0 aliphatic rings. The molecule has 0 bridgehead atoms. The highest BCUT2D eigenvalue weighted by Crippen LogP contribution is 2.19. The van der Waals surface area contributed by atoms with Crippen LogP contribution in [0.2, 0.25) is 0 Å². The average molecular weight is 461 g/mol. The Balaban J connectivity index is 2.21. The molecule has 1 atom stereocenters. The maximum atomic E-state index is 12.6. The first-order valence-electron chi connectivity index (χ1n) is 13.5. The topological polar surface area (TPSA) is 63.6 Å². The van der Waals surface area contributed by atoms with E-state index in [4.69, 9.17) is 4.74 Å². The van der Waals surface area contributed by atoms with Crippen LogP contribution in [-0.2, 0) is 4.74 Å². The lowest BCUT2D eigenvalue weighted by Gasteiger charge is -2.18. The Labute approximate surface area is 202 Å². The molecule has 0 amide bonds. The standard InChI is InChI=1S/C29H48O4/c1-4-5-20-25(33-29(32)27-23-18-17-22-26(27)28(30)31)21-16-14-12-10-8-6-7-9-11-13-15-19-24(2)3/h17-18,22-25H,4-16,19-21H2,1-3H3,(H,30,31). The number of carbonyl (C=O) groups excluding carboxylic acids is 1. The third-order valence-corrected chi connectivity index (χ3v) is 6.34. The number of benzene rings is 1. The van der Waals surface area contributed by atoms with Crippen LogP contribution >= 0.6 is 0 Å². The Morgan fingerprint density at radius 2 is 1.18 bits per heavy atom. The molecule has 0 fully saturated rings. The van der Waals surface area contributed by atoms with Crippen LogP contribution in [0.1, 0.15) is 144 Å². The Morgan fingerprint density at radius 3 is 1.67 bits per heavy atom. The van der Waals surface area contributed by atoms with Gasteiger partial charge >= 0.3 is 11.9 Å². The van der Waals surface area contributed by atoms with E-state index >= 15 is 0 Å². The van der Waals surface area contributed by atoms with Crippen molar-refractivity contribution in [3.05, 3.63) is 35.4 Å². The van der Waals surface area contributed by atoms with Gasteiger partial charge in [0.1, 0.15) is 6.10 Å². The molecule has 0 spiro atoms. The predicted octanol–water partition coefficient (Wildman–Crippen LogP) is 8.83. The zero-order valence-corrected chi connectivity index (χ0v) is 21.4. The van der Waals surface area contributed by atoms with Gasteiger partial charge in [-0.15, -0.1) is 0 Å². The van der Waals surface area contributed by atoms with E-state index in [2.05, 4.69) is 20.8 Å². The maximum Gasteiger partial charge on any atom is 0.339 e. The minimum atomic E-state index is -1.10. The lowest BCUT2D eigenvalue weighted by Crippen LogP contribution is -2.20. The molecule has 1 unspecified atom stereocenters. The summed E-state index contributed by atoms with van der Waals surface area (Å²) in [6.45, 7) is 6.74. The van der Waals surface area contributed by atoms with Gasteiger partial charge in [-0.05, 0) is 37.3 Å². The molecule has 1 N–H and O–H groups in total. The van der Waals surface area contributed by atoms with Crippen molar-refractivity contribution in [3.63, 3.8) is 0 Å². The molecule has 0 aromatic heterocycles. The third-order valence-electron chi connectivity index (χ3n) is 6.34. The summed E-state index contributed by atoms with van der Waals surface area (Å²) in [7, 11) is 0. The summed E-state index contributed by atoms with van der Waals surface area (Å²) >= 11 is 0. The van der Waals surface area contributed by atoms with Crippen molar-refractivity contribution in [2.24, 2.45) is 5.92 Å². The van der Waals surface area contributed by atoms with Gasteiger partial charge in [0.25, 0.3) is 0 Å². The second kappa shape index (κ2) is 18.6. The fraction of sp³-hybridized carbons (Fsp3) is 0.724. The molecule has 188 valence electrons. The van der Waals surface area contributed by atoms with Gasteiger partial charge in [0.2, 0.25) is 0 Å². The lowest BCUT2D eigenvalue weighted by atomic mass is 10.0. The van der Waals surface area contributed by atoms with Gasteiger partial charge in [-0.25, -0.2) is 9.59 Å². The van der Waals surface area contributed by atoms with Crippen LogP contribution < -0.4 is 0 Å². The Hall–Kier alpha value is -1.84. The van der Waals surface area contributed by atoms with Gasteiger partial charge in [0, 0.05) is 0 Å². The predicted molar refractivity (Wildman–Crippen MR) is 137 cm³/mol. The number of ether oxygens (including phenoxy) is 1. The second-order valence-corrected chi connectivity index (χ2v) is 9.88. The molecule has 0 saturated heterocycles. The fourth-order valence-electron chi connectivity index (χ4n) is 4.27. The zero-order valence-electron chi connectivity index (χ0n) is 21.4. The SMILES string of the molecule is CCCCC(CCCCCCCCCCCCCC(C)C)OC(=O)c1ccccc1C(=O)O. The molecule has 4 nitrogen and oxygen atoms in total. The van der Waals surface area contributed by atoms with E-state index in [0.717, 1.165) is 38.0 Å². The number of esters is 1. The first-order chi connectivity index (χ1) is 16.0. The van der Waals surface area contributed by atoms with Gasteiger partial charge < -0.3 is 9.84 Å². The largest absolute Gasteiger partial charge is 0.478 e. The molecule has 33 heavy (non-hydrogen) atoms. The molecule has 0 radical (unpaired) electrons. The summed E-state index contributed by atoms with van der Waals surface area (Å²) in [5.41, 5.74) is 0.152. The highest BCUT2D eigenvalue weighted by molar-refractivity contribution is 6.02. The molecule has 0 heterocycles. The monoisotopic (exact) mass is 460 g/mol. The summed E-state index contributed by atoms with van der Waals surface area (Å²) in [5, 5.41) is 9.33. The summed E-state index contributed by atoms with van der Waals surface area (Å²) in [6.07, 6.45) is 19.4. The van der Waals surface area contributed by atoms with Gasteiger partial charge in [0.05, 0.1) is 11.1 Å². The Morgan fingerprint density at radius 1 is 0.727 bits per heavy atom. The molecular weight excluding hydrogens is 412 g/mol. The van der Waals surface area contributed by atoms with E-state index in [9.17, 15) is 14.7 Å². The summed E-state index contributed by atoms with van der Waals surface area (Å²) in [4.78, 5) is 24.0. The molecule has 1 aromatic rings. The molecule has 1 aromatic carbocycles. The summed E-state index contributed by atoms with van der Waals surface area (Å²) < 4.78 is 5.74. The zero-order chi connectivity index (χ0) is 24.3. The van der Waals surface area contributed by atoms with E-state index in [-0.39, 0.29) is 17.2 Å². The second-order valence-electron chi connectivity index (χ2n) is 9.88. The van der Waals surface area contributed by atoms with Crippen LogP contribution in [0.5, 0.6) is 0 Å². The van der Waals surface area contributed by atoms with Crippen molar-refractivity contribution in [1.82, 2.24) is 0 Å². The fourth-order valence-corrected chi connectivity index (χ4v) is 4.27. The van der Waals surface area contributed by atoms with Gasteiger partial charge in [-0.1, -0.05) is 116 Å². The number of carboxylic acid groups (broad SMARTS) is 1. The number of hydrogen-bond acceptors (Lipinski definition) is 3. The molecule has 0 saturated carbocycles. The van der Waals surface area contributed by atoms with Gasteiger partial charge in [-0.3, -0.25) is 0 Å². The van der Waals surface area contributed by atoms with Crippen LogP contribution in [0.4, 0.5) is 0 Å². The van der Waals surface area contributed by atoms with E-state index in [1.165, 1.54) is 82.8 Å². The number of carboxylic acids is 1. The lowest BCUT2D eigenvalue weighted by molar-refractivity contribution is 0.0245. The van der Waals surface area contributed by atoms with E-state index in [0.29, 0.717) is 0 Å². The van der Waals surface area contributed by atoms with Crippen LogP contribution in [0.25, 0.3) is 0 Å². The maximum absolute atomic E-state index is 12.6. The van der Waals surface area contributed by atoms with Crippen molar-refractivity contribution >= 4 is 11.9 Å². The van der Waals surface area contributed by atoms with Crippen molar-refractivity contribution in [2.75, 3.05) is 0 Å². The molecular formula is C29H48O4. The quantitative estimate of drug-likeness (QED) is 0.156. The summed E-state index contributed by atoms with van der Waals surface area (Å²) in [5.74, 6) is -0.773. The molecule has 1 rings (SSSR count). The number of hydrogen-bond donors (Lipinski definition) is 1. The third kappa shape index (κ3) is 14.1. The van der Waals surface area contributed by atoms with E-state index in [1.807, 2.05) is 0 Å². The summed E-state index contributed by atoms with van der Waals surface area (Å²) in [6, 6.07) is 6.29. The van der Waals surface area contributed by atoms with Crippen molar-refractivity contribution in [1.29, 1.82) is 0 Å². The molecule has 4 heteroatoms. The number of unbranched alkanes of at least 4 members (excludes halogenated alkanes) is 11. The van der Waals surface area contributed by atoms with Crippen LogP contribution in [0, 0.1) is 5.92 Å². The Bertz CT molecular complexity index is 653. The molecule has 0 aliphatic carbocycles. The van der Waals surface area contributed by atoms with Crippen LogP contribution in [0.3, 0.4) is 0 Å². The van der Waals surface area contributed by atoms with Crippen LogP contribution in [0.15, 0.2) is 24.3 Å². The smallest absolute Gasteiger partial charge is 0.339 e. The van der Waals surface area contributed by atoms with E-state index < -0.39 is 11.9 Å². The average Bonchev–Trinajstić information content (AvgIpc) is 2.79. The number of aromatic carboxylic acids is 1. The number of rotatable bonds is 20. The van der Waals surface area contributed by atoms with Crippen LogP contribution in [-0.4, -0.2) is 23.1 Å². The minimum absolute atomic E-state index is 0.00676. The highest BCUT2D eigenvalue weighted by Gasteiger charge is 2.20. The Kier molecular flexibility index (Phi) is 16.4. The van der Waals surface area contributed by atoms with Crippen molar-refractivity contribution < 1.29 is 19.4 Å². The minimum Gasteiger partial charge on any atom is -0.478 e. The molecule has 0 aliphatic heterocycles. The first kappa shape index (κ1) is 29.2. The van der Waals surface area contributed by atoms with E-state index in [1.54, 1.807) is 12.1 Å². The normalized spacial score (nSPS) is 12.1.